The molecular weight excluding hydrogens is 227 g/mol. The molecule has 18 heavy (non-hydrogen) atoms. The molecule has 94 valence electrons. The van der Waals surface area contributed by atoms with Gasteiger partial charge in [0.25, 0.3) is 0 Å². The number of hydrogen-bond acceptors (Lipinski definition) is 2. The highest BCUT2D eigenvalue weighted by molar-refractivity contribution is 5.67. The monoisotopic (exact) mass is 244 g/mol. The lowest BCUT2D eigenvalue weighted by Gasteiger charge is -2.21. The maximum absolute atomic E-state index is 13.4. The van der Waals surface area contributed by atoms with Gasteiger partial charge in [0, 0.05) is 13.6 Å². The second-order valence-electron chi connectivity index (χ2n) is 4.52. The third-order valence-corrected chi connectivity index (χ3v) is 2.94. The van der Waals surface area contributed by atoms with Crippen LogP contribution in [-0.2, 0) is 6.54 Å². The number of para-hydroxylation sites is 1. The molecule has 2 nitrogen and oxygen atoms in total. The Labute approximate surface area is 107 Å². The van der Waals surface area contributed by atoms with Gasteiger partial charge in [-0.05, 0) is 24.6 Å². The summed E-state index contributed by atoms with van der Waals surface area (Å²) in [5, 5.41) is 0. The molecule has 0 saturated carbocycles. The van der Waals surface area contributed by atoms with Crippen LogP contribution in [-0.4, -0.2) is 7.05 Å². The molecule has 0 bridgehead atoms. The normalized spacial score (nSPS) is 10.4. The van der Waals surface area contributed by atoms with Crippen LogP contribution in [0.4, 0.5) is 15.8 Å². The summed E-state index contributed by atoms with van der Waals surface area (Å²) in [5.41, 5.74) is 9.07. The standard InChI is InChI=1S/C15H17FN2/c1-11-5-3-6-12(9-11)10-18(2)14-8-4-7-13(16)15(14)17/h3-9H,10,17H2,1-2H3. The van der Waals surface area contributed by atoms with Gasteiger partial charge in [0.05, 0.1) is 11.4 Å². The molecule has 2 N–H and O–H groups in total. The lowest BCUT2D eigenvalue weighted by Crippen LogP contribution is -2.18. The third kappa shape index (κ3) is 2.62. The predicted molar refractivity (Wildman–Crippen MR) is 74.1 cm³/mol. The average Bonchev–Trinajstić information content (AvgIpc) is 2.32. The van der Waals surface area contributed by atoms with Crippen LogP contribution in [0, 0.1) is 12.7 Å². The van der Waals surface area contributed by atoms with Crippen LogP contribution in [0.3, 0.4) is 0 Å². The van der Waals surface area contributed by atoms with E-state index in [1.54, 1.807) is 6.07 Å². The van der Waals surface area contributed by atoms with Crippen molar-refractivity contribution >= 4 is 11.4 Å². The summed E-state index contributed by atoms with van der Waals surface area (Å²) in [6, 6.07) is 13.1. The Balaban J connectivity index is 2.22. The number of rotatable bonds is 3. The number of nitrogens with two attached hydrogens (primary N) is 1. The molecule has 0 fully saturated rings. The van der Waals surface area contributed by atoms with Crippen LogP contribution in [0.5, 0.6) is 0 Å². The molecule has 0 aliphatic heterocycles. The molecular formula is C15H17FN2. The van der Waals surface area contributed by atoms with E-state index in [2.05, 4.69) is 25.1 Å². The minimum absolute atomic E-state index is 0.202. The SMILES string of the molecule is Cc1cccc(CN(C)c2cccc(F)c2N)c1. The first kappa shape index (κ1) is 12.4. The molecule has 2 rings (SSSR count). The van der Waals surface area contributed by atoms with Crippen LogP contribution in [0.15, 0.2) is 42.5 Å². The van der Waals surface area contributed by atoms with Crippen LogP contribution in [0.1, 0.15) is 11.1 Å². The molecule has 2 aromatic carbocycles. The zero-order valence-corrected chi connectivity index (χ0v) is 10.7. The van der Waals surface area contributed by atoms with Crippen molar-refractivity contribution in [2.45, 2.75) is 13.5 Å². The fraction of sp³-hybridized carbons (Fsp3) is 0.200. The van der Waals surface area contributed by atoms with Crippen molar-refractivity contribution in [3.63, 3.8) is 0 Å². The third-order valence-electron chi connectivity index (χ3n) is 2.94. The molecule has 0 atom stereocenters. The van der Waals surface area contributed by atoms with Crippen molar-refractivity contribution in [2.75, 3.05) is 17.7 Å². The first-order valence-electron chi connectivity index (χ1n) is 5.88. The Bertz CT molecular complexity index is 552. The van der Waals surface area contributed by atoms with Gasteiger partial charge >= 0.3 is 0 Å². The molecule has 0 heterocycles. The van der Waals surface area contributed by atoms with E-state index in [1.165, 1.54) is 17.2 Å². The highest BCUT2D eigenvalue weighted by atomic mass is 19.1. The van der Waals surface area contributed by atoms with Crippen molar-refractivity contribution in [1.29, 1.82) is 0 Å². The number of hydrogen-bond donors (Lipinski definition) is 1. The smallest absolute Gasteiger partial charge is 0.148 e. The van der Waals surface area contributed by atoms with Gasteiger partial charge in [-0.1, -0.05) is 35.9 Å². The second kappa shape index (κ2) is 5.08. The zero-order valence-electron chi connectivity index (χ0n) is 10.7. The largest absolute Gasteiger partial charge is 0.395 e. The summed E-state index contributed by atoms with van der Waals surface area (Å²) in [7, 11) is 1.91. The maximum atomic E-state index is 13.4. The molecule has 0 radical (unpaired) electrons. The fourth-order valence-electron chi connectivity index (χ4n) is 2.03. The van der Waals surface area contributed by atoms with Crippen LogP contribution < -0.4 is 10.6 Å². The van der Waals surface area contributed by atoms with Crippen molar-refractivity contribution in [3.8, 4) is 0 Å². The second-order valence-corrected chi connectivity index (χ2v) is 4.52. The number of anilines is 2. The molecule has 0 amide bonds. The van der Waals surface area contributed by atoms with E-state index in [0.29, 0.717) is 6.54 Å². The van der Waals surface area contributed by atoms with Gasteiger partial charge in [0.2, 0.25) is 0 Å². The van der Waals surface area contributed by atoms with Crippen LogP contribution in [0.25, 0.3) is 0 Å². The Morgan fingerprint density at radius 1 is 1.17 bits per heavy atom. The zero-order chi connectivity index (χ0) is 13.1. The Morgan fingerprint density at radius 3 is 2.61 bits per heavy atom. The van der Waals surface area contributed by atoms with E-state index in [-0.39, 0.29) is 11.5 Å². The predicted octanol–water partition coefficient (Wildman–Crippen LogP) is 3.35. The Kier molecular flexibility index (Phi) is 3.51. The van der Waals surface area contributed by atoms with E-state index in [1.807, 2.05) is 24.1 Å². The minimum atomic E-state index is -0.372. The molecule has 0 aliphatic carbocycles. The lowest BCUT2D eigenvalue weighted by atomic mass is 10.1. The number of halogens is 1. The van der Waals surface area contributed by atoms with Gasteiger partial charge in [-0.2, -0.15) is 0 Å². The highest BCUT2D eigenvalue weighted by Crippen LogP contribution is 2.25. The average molecular weight is 244 g/mol. The molecule has 0 saturated heterocycles. The Hall–Kier alpha value is -2.03. The van der Waals surface area contributed by atoms with E-state index < -0.39 is 0 Å². The van der Waals surface area contributed by atoms with Crippen molar-refractivity contribution < 1.29 is 4.39 Å². The van der Waals surface area contributed by atoms with Crippen molar-refractivity contribution in [2.24, 2.45) is 0 Å². The van der Waals surface area contributed by atoms with Crippen LogP contribution >= 0.6 is 0 Å². The molecule has 0 unspecified atom stereocenters. The Morgan fingerprint density at radius 2 is 1.89 bits per heavy atom. The highest BCUT2D eigenvalue weighted by Gasteiger charge is 2.09. The fourth-order valence-corrected chi connectivity index (χ4v) is 2.03. The summed E-state index contributed by atoms with van der Waals surface area (Å²) in [6.07, 6.45) is 0. The number of nitrogens with zero attached hydrogens (tertiary/aromatic N) is 1. The number of aryl methyl sites for hydroxylation is 1. The summed E-state index contributed by atoms with van der Waals surface area (Å²) in [4.78, 5) is 1.95. The van der Waals surface area contributed by atoms with E-state index >= 15 is 0 Å². The van der Waals surface area contributed by atoms with Crippen LogP contribution in [0.2, 0.25) is 0 Å². The quantitative estimate of drug-likeness (QED) is 0.839. The van der Waals surface area contributed by atoms with Crippen molar-refractivity contribution in [3.05, 3.63) is 59.4 Å². The summed E-state index contributed by atoms with van der Waals surface area (Å²) in [6.45, 7) is 2.76. The van der Waals surface area contributed by atoms with E-state index in [9.17, 15) is 4.39 Å². The lowest BCUT2D eigenvalue weighted by molar-refractivity contribution is 0.632. The topological polar surface area (TPSA) is 29.3 Å². The van der Waals surface area contributed by atoms with Crippen molar-refractivity contribution in [1.82, 2.24) is 0 Å². The van der Waals surface area contributed by atoms with Gasteiger partial charge in [-0.3, -0.25) is 0 Å². The molecule has 3 heteroatoms. The maximum Gasteiger partial charge on any atom is 0.148 e. The first-order valence-corrected chi connectivity index (χ1v) is 5.88. The number of benzene rings is 2. The minimum Gasteiger partial charge on any atom is -0.395 e. The van der Waals surface area contributed by atoms with Gasteiger partial charge in [0.15, 0.2) is 0 Å². The van der Waals surface area contributed by atoms with E-state index in [0.717, 1.165) is 5.69 Å². The van der Waals surface area contributed by atoms with Gasteiger partial charge in [-0.15, -0.1) is 0 Å². The molecule has 0 spiro atoms. The van der Waals surface area contributed by atoms with Gasteiger partial charge in [-0.25, -0.2) is 4.39 Å². The summed E-state index contributed by atoms with van der Waals surface area (Å²) in [5.74, 6) is -0.372. The van der Waals surface area contributed by atoms with Gasteiger partial charge in [0.1, 0.15) is 5.82 Å². The van der Waals surface area contributed by atoms with E-state index in [4.69, 9.17) is 5.73 Å². The summed E-state index contributed by atoms with van der Waals surface area (Å²) < 4.78 is 13.4. The van der Waals surface area contributed by atoms with Gasteiger partial charge < -0.3 is 10.6 Å². The molecule has 0 aromatic heterocycles. The summed E-state index contributed by atoms with van der Waals surface area (Å²) >= 11 is 0. The molecule has 2 aromatic rings. The molecule has 0 aliphatic rings. The number of nitrogen functional groups attached to an aromatic ring is 1. The first-order chi connectivity index (χ1) is 8.58.